The number of carbonyl (C=O) groups is 2. The van der Waals surface area contributed by atoms with Gasteiger partial charge in [0.25, 0.3) is 11.8 Å². The molecule has 2 aliphatic carbocycles. The minimum Gasteiger partial charge on any atom is -0.378 e. The second-order valence-electron chi connectivity index (χ2n) is 9.62. The Morgan fingerprint density at radius 1 is 1.07 bits per heavy atom. The standard InChI is InChI=1S/C31H31N5O2.C2H6/c1-22(33-16-6-10-27-21-32-17-18-34-27)29(37)35-20-25-9-4-5-11-28(25)30(38)36-31(14-15-31)26-13-12-23-7-2-3-8-24(23)19-26;1-2/h3-6,8-13,17-19,21,33H,1-2,7,14-16,20H2,(H,35,37)(H,36,38);1-2H3/b10-6+;. The van der Waals surface area contributed by atoms with E-state index in [-0.39, 0.29) is 29.6 Å². The zero-order valence-electron chi connectivity index (χ0n) is 23.2. The fourth-order valence-electron chi connectivity index (χ4n) is 4.64. The molecule has 5 rings (SSSR count). The van der Waals surface area contributed by atoms with Gasteiger partial charge < -0.3 is 16.0 Å². The summed E-state index contributed by atoms with van der Waals surface area (Å²) in [4.78, 5) is 34.1. The second kappa shape index (κ2) is 13.5. The molecule has 0 radical (unpaired) electrons. The maximum Gasteiger partial charge on any atom is 0.267 e. The summed E-state index contributed by atoms with van der Waals surface area (Å²) in [5.74, 6) is -0.458. The van der Waals surface area contributed by atoms with Crippen molar-refractivity contribution in [1.29, 1.82) is 0 Å². The summed E-state index contributed by atoms with van der Waals surface area (Å²) in [7, 11) is 0. The predicted octanol–water partition coefficient (Wildman–Crippen LogP) is 5.31. The van der Waals surface area contributed by atoms with Crippen LogP contribution in [0.5, 0.6) is 0 Å². The van der Waals surface area contributed by atoms with Crippen LogP contribution in [0.25, 0.3) is 12.2 Å². The van der Waals surface area contributed by atoms with Crippen LogP contribution in [0.4, 0.5) is 0 Å². The Kier molecular flexibility index (Phi) is 9.62. The topological polar surface area (TPSA) is 96.0 Å². The van der Waals surface area contributed by atoms with Crippen molar-refractivity contribution < 1.29 is 9.59 Å². The number of nitrogens with zero attached hydrogens (tertiary/aromatic N) is 2. The Morgan fingerprint density at radius 3 is 2.67 bits per heavy atom. The molecule has 0 aliphatic heterocycles. The highest BCUT2D eigenvalue weighted by Gasteiger charge is 2.46. The van der Waals surface area contributed by atoms with Crippen LogP contribution in [0.2, 0.25) is 0 Å². The fourth-order valence-corrected chi connectivity index (χ4v) is 4.64. The summed E-state index contributed by atoms with van der Waals surface area (Å²) in [5, 5.41) is 9.12. The van der Waals surface area contributed by atoms with Crippen LogP contribution in [0, 0.1) is 0 Å². The van der Waals surface area contributed by atoms with Gasteiger partial charge >= 0.3 is 0 Å². The lowest BCUT2D eigenvalue weighted by Crippen LogP contribution is -2.36. The van der Waals surface area contributed by atoms with Crippen LogP contribution < -0.4 is 16.0 Å². The molecular weight excluding hydrogens is 498 g/mol. The average Bonchev–Trinajstić information content (AvgIpc) is 3.79. The highest BCUT2D eigenvalue weighted by atomic mass is 16.2. The number of benzene rings is 2. The maximum atomic E-state index is 13.4. The molecule has 2 amide bonds. The Balaban J connectivity index is 0.00000181. The molecule has 0 bridgehead atoms. The minimum atomic E-state index is -0.329. The fraction of sp³-hybridized carbons (Fsp3) is 0.273. The van der Waals surface area contributed by atoms with Crippen LogP contribution in [0.3, 0.4) is 0 Å². The third-order valence-electron chi connectivity index (χ3n) is 6.96. The van der Waals surface area contributed by atoms with Gasteiger partial charge in [0, 0.05) is 31.0 Å². The SMILES string of the molecule is C=C(NC/C=C/c1cnccn1)C(=O)NCc1ccccc1C(=O)NC1(c2ccc3c(c2)C=CCC3)CC1.CC. The molecule has 3 N–H and O–H groups in total. The Hall–Kier alpha value is -4.52. The molecular formula is C33H37N5O2. The number of hydrogen-bond acceptors (Lipinski definition) is 5. The van der Waals surface area contributed by atoms with Crippen LogP contribution in [0.1, 0.15) is 71.4 Å². The van der Waals surface area contributed by atoms with Gasteiger partial charge in [0.1, 0.15) is 0 Å². The molecule has 206 valence electrons. The van der Waals surface area contributed by atoms with E-state index in [1.165, 1.54) is 11.1 Å². The van der Waals surface area contributed by atoms with Crippen molar-refractivity contribution >= 4 is 24.0 Å². The van der Waals surface area contributed by atoms with Crippen molar-refractivity contribution in [3.05, 3.63) is 119 Å². The van der Waals surface area contributed by atoms with Crippen LogP contribution in [-0.4, -0.2) is 28.3 Å². The molecule has 7 heteroatoms. The van der Waals surface area contributed by atoms with Crippen LogP contribution in [0.15, 0.2) is 85.5 Å². The molecule has 40 heavy (non-hydrogen) atoms. The van der Waals surface area contributed by atoms with Gasteiger partial charge in [-0.15, -0.1) is 0 Å². The molecule has 0 atom stereocenters. The number of carbonyl (C=O) groups excluding carboxylic acids is 2. The molecule has 1 aromatic heterocycles. The van der Waals surface area contributed by atoms with Gasteiger partial charge in [-0.2, -0.15) is 0 Å². The molecule has 0 saturated heterocycles. The first-order chi connectivity index (χ1) is 19.5. The van der Waals surface area contributed by atoms with E-state index in [0.29, 0.717) is 12.1 Å². The van der Waals surface area contributed by atoms with Gasteiger partial charge in [0.15, 0.2) is 0 Å². The van der Waals surface area contributed by atoms with Gasteiger partial charge in [-0.05, 0) is 66.1 Å². The Labute approximate surface area is 236 Å². The van der Waals surface area contributed by atoms with Crippen molar-refractivity contribution in [3.8, 4) is 0 Å². The summed E-state index contributed by atoms with van der Waals surface area (Å²) < 4.78 is 0. The highest BCUT2D eigenvalue weighted by Crippen LogP contribution is 2.46. The molecule has 7 nitrogen and oxygen atoms in total. The summed E-state index contributed by atoms with van der Waals surface area (Å²) in [6.45, 7) is 8.46. The molecule has 2 aromatic carbocycles. The molecule has 3 aromatic rings. The molecule has 2 aliphatic rings. The second-order valence-corrected chi connectivity index (χ2v) is 9.62. The van der Waals surface area contributed by atoms with Gasteiger partial charge in [-0.3, -0.25) is 19.6 Å². The Bertz CT molecular complexity index is 1410. The van der Waals surface area contributed by atoms with E-state index in [4.69, 9.17) is 0 Å². The summed E-state index contributed by atoms with van der Waals surface area (Å²) in [6.07, 6.45) is 16.9. The zero-order valence-corrected chi connectivity index (χ0v) is 23.2. The summed E-state index contributed by atoms with van der Waals surface area (Å²) in [6, 6.07) is 13.9. The molecule has 0 spiro atoms. The van der Waals surface area contributed by atoms with E-state index in [1.807, 2.05) is 44.2 Å². The molecule has 1 saturated carbocycles. The van der Waals surface area contributed by atoms with E-state index in [0.717, 1.165) is 42.5 Å². The van der Waals surface area contributed by atoms with Crippen molar-refractivity contribution in [2.75, 3.05) is 6.54 Å². The number of rotatable bonds is 10. The largest absolute Gasteiger partial charge is 0.378 e. The van der Waals surface area contributed by atoms with Crippen molar-refractivity contribution in [3.63, 3.8) is 0 Å². The number of hydrogen-bond donors (Lipinski definition) is 3. The predicted molar refractivity (Wildman–Crippen MR) is 160 cm³/mol. The number of allylic oxidation sites excluding steroid dienone is 1. The summed E-state index contributed by atoms with van der Waals surface area (Å²) in [5.41, 5.74) is 5.71. The first-order valence-corrected chi connectivity index (χ1v) is 13.9. The first-order valence-electron chi connectivity index (χ1n) is 13.9. The lowest BCUT2D eigenvalue weighted by atomic mass is 9.92. The lowest BCUT2D eigenvalue weighted by molar-refractivity contribution is -0.118. The zero-order chi connectivity index (χ0) is 28.4. The van der Waals surface area contributed by atoms with E-state index < -0.39 is 0 Å². The first kappa shape index (κ1) is 28.5. The van der Waals surface area contributed by atoms with Gasteiger partial charge in [-0.25, -0.2) is 0 Å². The summed E-state index contributed by atoms with van der Waals surface area (Å²) >= 11 is 0. The smallest absolute Gasteiger partial charge is 0.267 e. The lowest BCUT2D eigenvalue weighted by Gasteiger charge is -2.21. The number of fused-ring (bicyclic) bond motifs is 1. The van der Waals surface area contributed by atoms with E-state index >= 15 is 0 Å². The maximum absolute atomic E-state index is 13.4. The van der Waals surface area contributed by atoms with Gasteiger partial charge in [0.05, 0.1) is 23.1 Å². The average molecular weight is 536 g/mol. The van der Waals surface area contributed by atoms with Gasteiger partial charge in [-0.1, -0.05) is 69.0 Å². The van der Waals surface area contributed by atoms with Crippen LogP contribution in [-0.2, 0) is 23.3 Å². The quantitative estimate of drug-likeness (QED) is 0.306. The van der Waals surface area contributed by atoms with Crippen molar-refractivity contribution in [1.82, 2.24) is 25.9 Å². The monoisotopic (exact) mass is 535 g/mol. The van der Waals surface area contributed by atoms with E-state index in [1.54, 1.807) is 24.7 Å². The van der Waals surface area contributed by atoms with E-state index in [9.17, 15) is 9.59 Å². The number of amides is 2. The third kappa shape index (κ3) is 7.11. The van der Waals surface area contributed by atoms with Gasteiger partial charge in [0.2, 0.25) is 0 Å². The number of nitrogens with one attached hydrogen (secondary N) is 3. The molecule has 1 heterocycles. The third-order valence-corrected chi connectivity index (χ3v) is 6.96. The molecule has 1 fully saturated rings. The highest BCUT2D eigenvalue weighted by molar-refractivity contribution is 5.97. The molecule has 0 unspecified atom stereocenters. The van der Waals surface area contributed by atoms with E-state index in [2.05, 4.69) is 62.8 Å². The minimum absolute atomic E-state index is 0.133. The Morgan fingerprint density at radius 2 is 1.90 bits per heavy atom. The van der Waals surface area contributed by atoms with Crippen molar-refractivity contribution in [2.45, 2.75) is 51.6 Å². The number of aromatic nitrogens is 2. The normalized spacial score (nSPS) is 14.3. The van der Waals surface area contributed by atoms with Crippen molar-refractivity contribution in [2.24, 2.45) is 0 Å². The number of aryl methyl sites for hydroxylation is 1. The van der Waals surface area contributed by atoms with Crippen LogP contribution >= 0.6 is 0 Å².